The second kappa shape index (κ2) is 8.01. The number of hydrogen-bond acceptors (Lipinski definition) is 4. The molecule has 1 aromatic carbocycles. The fourth-order valence-corrected chi connectivity index (χ4v) is 2.67. The minimum absolute atomic E-state index is 0.0117. The fourth-order valence-electron chi connectivity index (χ4n) is 1.95. The summed E-state index contributed by atoms with van der Waals surface area (Å²) >= 11 is 1.63. The Balaban J connectivity index is 1.92. The third-order valence-electron chi connectivity index (χ3n) is 3.09. The first kappa shape index (κ1) is 15.8. The second-order valence-corrected chi connectivity index (χ2v) is 5.72. The Morgan fingerprint density at radius 3 is 2.73 bits per heavy atom. The number of carbonyl (C=O) groups is 1. The van der Waals surface area contributed by atoms with Crippen molar-refractivity contribution in [3.8, 4) is 6.07 Å². The summed E-state index contributed by atoms with van der Waals surface area (Å²) in [5.74, 6) is 0.0117. The summed E-state index contributed by atoms with van der Waals surface area (Å²) in [5.41, 5.74) is 1.42. The minimum Gasteiger partial charge on any atom is -0.376 e. The first-order valence-corrected chi connectivity index (χ1v) is 7.76. The molecule has 0 fully saturated rings. The van der Waals surface area contributed by atoms with Crippen LogP contribution in [-0.2, 0) is 11.3 Å². The van der Waals surface area contributed by atoms with Crippen LogP contribution < -0.4 is 5.32 Å². The Morgan fingerprint density at radius 1 is 1.36 bits per heavy atom. The zero-order valence-electron chi connectivity index (χ0n) is 12.2. The Morgan fingerprint density at radius 2 is 2.14 bits per heavy atom. The number of nitrogens with zero attached hydrogens (tertiary/aromatic N) is 2. The molecule has 2 aromatic rings. The van der Waals surface area contributed by atoms with Crippen LogP contribution >= 0.6 is 11.3 Å². The molecule has 1 amide bonds. The molecule has 0 saturated heterocycles. The van der Waals surface area contributed by atoms with Crippen molar-refractivity contribution in [3.63, 3.8) is 0 Å². The highest BCUT2D eigenvalue weighted by molar-refractivity contribution is 7.09. The van der Waals surface area contributed by atoms with E-state index in [0.717, 1.165) is 10.6 Å². The summed E-state index contributed by atoms with van der Waals surface area (Å²) in [5, 5.41) is 13.8. The van der Waals surface area contributed by atoms with E-state index in [1.54, 1.807) is 46.6 Å². The van der Waals surface area contributed by atoms with E-state index in [-0.39, 0.29) is 12.5 Å². The molecule has 0 aliphatic rings. The highest BCUT2D eigenvalue weighted by Crippen LogP contribution is 2.13. The van der Waals surface area contributed by atoms with E-state index in [4.69, 9.17) is 5.26 Å². The van der Waals surface area contributed by atoms with Gasteiger partial charge in [-0.2, -0.15) is 5.26 Å². The summed E-state index contributed by atoms with van der Waals surface area (Å²) in [7, 11) is 0. The number of anilines is 1. The molecule has 0 saturated carbocycles. The summed E-state index contributed by atoms with van der Waals surface area (Å²) in [6.45, 7) is 5.04. The van der Waals surface area contributed by atoms with Crippen molar-refractivity contribution in [3.05, 3.63) is 64.9 Å². The van der Waals surface area contributed by atoms with E-state index in [0.29, 0.717) is 18.7 Å². The highest BCUT2D eigenvalue weighted by atomic mass is 32.1. The molecule has 0 bridgehead atoms. The van der Waals surface area contributed by atoms with Gasteiger partial charge in [0.1, 0.15) is 0 Å². The standard InChI is InChI=1S/C17H17N3OS/c1-2-9-20(13-16-4-3-10-22-16)17(21)12-19-15-7-5-14(11-18)6-8-15/h2-8,10,19H,1,9,12-13H2. The van der Waals surface area contributed by atoms with E-state index in [1.165, 1.54) is 0 Å². The van der Waals surface area contributed by atoms with E-state index < -0.39 is 0 Å². The second-order valence-electron chi connectivity index (χ2n) is 4.69. The van der Waals surface area contributed by atoms with Gasteiger partial charge in [-0.3, -0.25) is 4.79 Å². The monoisotopic (exact) mass is 311 g/mol. The lowest BCUT2D eigenvalue weighted by molar-refractivity contribution is -0.129. The molecule has 0 atom stereocenters. The van der Waals surface area contributed by atoms with E-state index in [2.05, 4.69) is 18.0 Å². The van der Waals surface area contributed by atoms with Crippen molar-refractivity contribution in [1.29, 1.82) is 5.26 Å². The third-order valence-corrected chi connectivity index (χ3v) is 3.95. The Hall–Kier alpha value is -2.58. The SMILES string of the molecule is C=CCN(Cc1cccs1)C(=O)CNc1ccc(C#N)cc1. The molecule has 1 aromatic heterocycles. The normalized spacial score (nSPS) is 9.77. The van der Waals surface area contributed by atoms with Crippen LogP contribution in [0.5, 0.6) is 0 Å². The topological polar surface area (TPSA) is 56.1 Å². The van der Waals surface area contributed by atoms with Gasteiger partial charge < -0.3 is 10.2 Å². The van der Waals surface area contributed by atoms with Gasteiger partial charge in [0.25, 0.3) is 0 Å². The van der Waals surface area contributed by atoms with Crippen LogP contribution in [0.2, 0.25) is 0 Å². The number of nitrogens with one attached hydrogen (secondary N) is 1. The van der Waals surface area contributed by atoms with Crippen LogP contribution in [0, 0.1) is 11.3 Å². The van der Waals surface area contributed by atoms with Gasteiger partial charge in [-0.15, -0.1) is 17.9 Å². The van der Waals surface area contributed by atoms with Crippen molar-refractivity contribution < 1.29 is 4.79 Å². The molecule has 0 radical (unpaired) electrons. The number of carbonyl (C=O) groups excluding carboxylic acids is 1. The highest BCUT2D eigenvalue weighted by Gasteiger charge is 2.12. The summed E-state index contributed by atoms with van der Waals surface area (Å²) in [6.07, 6.45) is 1.73. The van der Waals surface area contributed by atoms with Gasteiger partial charge in [-0.25, -0.2) is 0 Å². The number of hydrogen-bond donors (Lipinski definition) is 1. The first-order valence-electron chi connectivity index (χ1n) is 6.88. The van der Waals surface area contributed by atoms with Crippen molar-refractivity contribution in [1.82, 2.24) is 4.90 Å². The Bertz CT molecular complexity index is 656. The van der Waals surface area contributed by atoms with Gasteiger partial charge in [0, 0.05) is 17.1 Å². The molecule has 112 valence electrons. The Kier molecular flexibility index (Phi) is 5.75. The lowest BCUT2D eigenvalue weighted by Crippen LogP contribution is -2.35. The van der Waals surface area contributed by atoms with Crippen molar-refractivity contribution in [2.45, 2.75) is 6.54 Å². The van der Waals surface area contributed by atoms with E-state index in [9.17, 15) is 4.79 Å². The average molecular weight is 311 g/mol. The van der Waals surface area contributed by atoms with Gasteiger partial charge in [0.15, 0.2) is 0 Å². The quantitative estimate of drug-likeness (QED) is 0.799. The average Bonchev–Trinajstić information content (AvgIpc) is 3.06. The molecular formula is C17H17N3OS. The number of nitriles is 1. The van der Waals surface area contributed by atoms with E-state index in [1.807, 2.05) is 17.5 Å². The predicted molar refractivity (Wildman–Crippen MR) is 89.6 cm³/mol. The van der Waals surface area contributed by atoms with Gasteiger partial charge in [-0.1, -0.05) is 12.1 Å². The number of rotatable bonds is 7. The molecular weight excluding hydrogens is 294 g/mol. The largest absolute Gasteiger partial charge is 0.376 e. The maximum atomic E-state index is 12.3. The number of amides is 1. The fraction of sp³-hybridized carbons (Fsp3) is 0.176. The maximum Gasteiger partial charge on any atom is 0.242 e. The number of thiophene rings is 1. The molecule has 0 aliphatic heterocycles. The van der Waals surface area contributed by atoms with Crippen LogP contribution in [0.15, 0.2) is 54.4 Å². The minimum atomic E-state index is 0.0117. The van der Waals surface area contributed by atoms with E-state index >= 15 is 0 Å². The number of benzene rings is 1. The van der Waals surface area contributed by atoms with Crippen molar-refractivity contribution >= 4 is 22.9 Å². The lowest BCUT2D eigenvalue weighted by atomic mass is 10.2. The molecule has 1 N–H and O–H groups in total. The van der Waals surface area contributed by atoms with Gasteiger partial charge >= 0.3 is 0 Å². The van der Waals surface area contributed by atoms with Crippen LogP contribution in [0.4, 0.5) is 5.69 Å². The maximum absolute atomic E-state index is 12.3. The summed E-state index contributed by atoms with van der Waals surface area (Å²) in [6, 6.07) is 13.1. The summed E-state index contributed by atoms with van der Waals surface area (Å²) in [4.78, 5) is 15.2. The molecule has 0 aliphatic carbocycles. The van der Waals surface area contributed by atoms with Crippen LogP contribution in [0.1, 0.15) is 10.4 Å². The van der Waals surface area contributed by atoms with Gasteiger partial charge in [0.05, 0.1) is 24.7 Å². The molecule has 5 heteroatoms. The molecule has 2 rings (SSSR count). The molecule has 0 unspecified atom stereocenters. The zero-order valence-corrected chi connectivity index (χ0v) is 13.0. The third kappa shape index (κ3) is 4.47. The van der Waals surface area contributed by atoms with Crippen molar-refractivity contribution in [2.75, 3.05) is 18.4 Å². The predicted octanol–water partition coefficient (Wildman–Crippen LogP) is 3.25. The first-order chi connectivity index (χ1) is 10.7. The molecule has 1 heterocycles. The zero-order chi connectivity index (χ0) is 15.8. The molecule has 22 heavy (non-hydrogen) atoms. The lowest BCUT2D eigenvalue weighted by Gasteiger charge is -2.21. The van der Waals surface area contributed by atoms with Crippen LogP contribution in [0.25, 0.3) is 0 Å². The Labute approximate surface area is 134 Å². The van der Waals surface area contributed by atoms with Gasteiger partial charge in [0.2, 0.25) is 5.91 Å². The van der Waals surface area contributed by atoms with Gasteiger partial charge in [-0.05, 0) is 35.7 Å². The summed E-state index contributed by atoms with van der Waals surface area (Å²) < 4.78 is 0. The smallest absolute Gasteiger partial charge is 0.242 e. The molecule has 4 nitrogen and oxygen atoms in total. The van der Waals surface area contributed by atoms with Crippen LogP contribution in [-0.4, -0.2) is 23.9 Å². The van der Waals surface area contributed by atoms with Crippen molar-refractivity contribution in [2.24, 2.45) is 0 Å². The van der Waals surface area contributed by atoms with Crippen LogP contribution in [0.3, 0.4) is 0 Å². The molecule has 0 spiro atoms.